The molecule has 1 rings (SSSR count). The van der Waals surface area contributed by atoms with E-state index in [1.807, 2.05) is 0 Å². The number of carboxylic acid groups (broad SMARTS) is 1. The Bertz CT molecular complexity index is 401. The maximum absolute atomic E-state index is 11.1. The van der Waals surface area contributed by atoms with Crippen LogP contribution in [-0.4, -0.2) is 51.1 Å². The molecule has 1 fully saturated rings. The van der Waals surface area contributed by atoms with Gasteiger partial charge in [0.1, 0.15) is 6.42 Å². The summed E-state index contributed by atoms with van der Waals surface area (Å²) in [4.78, 5) is 51.4. The minimum absolute atomic E-state index is 0.929. The zero-order valence-corrected chi connectivity index (χ0v) is 8.69. The van der Waals surface area contributed by atoms with Crippen LogP contribution >= 0.6 is 0 Å². The van der Waals surface area contributed by atoms with Crippen LogP contribution in [0.2, 0.25) is 0 Å². The molecule has 1 saturated heterocycles. The first kappa shape index (κ1) is 13.9. The normalized spacial score (nSPS) is 29.9. The maximum Gasteiger partial charge on any atom is 0.377 e. The summed E-state index contributed by atoms with van der Waals surface area (Å²) < 4.78 is 4.07. The monoisotopic (exact) mass is 264 g/mol. The molecular formula is C8H8O10. The highest BCUT2D eigenvalue weighted by atomic mass is 17.2. The highest BCUT2D eigenvalue weighted by Crippen LogP contribution is 2.17. The van der Waals surface area contributed by atoms with Gasteiger partial charge in [-0.2, -0.15) is 0 Å². The molecule has 10 nitrogen and oxygen atoms in total. The van der Waals surface area contributed by atoms with Crippen molar-refractivity contribution in [2.24, 2.45) is 0 Å². The van der Waals surface area contributed by atoms with E-state index in [2.05, 4.69) is 14.5 Å². The number of aliphatic carboxylic acids is 1. The molecule has 2 unspecified atom stereocenters. The molecule has 1 heterocycles. The van der Waals surface area contributed by atoms with Crippen LogP contribution in [0.1, 0.15) is 12.8 Å². The third-order valence-electron chi connectivity index (χ3n) is 1.85. The largest absolute Gasteiger partial charge is 0.476 e. The van der Waals surface area contributed by atoms with Crippen LogP contribution < -0.4 is 0 Å². The summed E-state index contributed by atoms with van der Waals surface area (Å²) in [5.41, 5.74) is 0. The molecule has 0 amide bonds. The van der Waals surface area contributed by atoms with Gasteiger partial charge in [-0.05, 0) is 0 Å². The van der Waals surface area contributed by atoms with Gasteiger partial charge in [-0.1, -0.05) is 0 Å². The molecule has 18 heavy (non-hydrogen) atoms. The van der Waals surface area contributed by atoms with Crippen LogP contribution in [0, 0.1) is 0 Å². The molecule has 0 saturated carbocycles. The second-order valence-electron chi connectivity index (χ2n) is 3.32. The number of ether oxygens (including phenoxy) is 1. The average molecular weight is 264 g/mol. The molecular weight excluding hydrogens is 256 g/mol. The summed E-state index contributed by atoms with van der Waals surface area (Å²) in [5.74, 6) is -9.54. The average Bonchev–Trinajstić information content (AvgIpc) is 2.24. The molecule has 0 aromatic rings. The van der Waals surface area contributed by atoms with Crippen LogP contribution in [0.4, 0.5) is 0 Å². The summed E-state index contributed by atoms with van der Waals surface area (Å²) in [6.45, 7) is 0. The Hall–Kier alpha value is -2.20. The van der Waals surface area contributed by atoms with Gasteiger partial charge in [-0.15, -0.1) is 0 Å². The molecule has 1 aliphatic heterocycles. The Morgan fingerprint density at radius 3 is 2.33 bits per heavy atom. The third-order valence-corrected chi connectivity index (χ3v) is 1.85. The molecule has 100 valence electrons. The van der Waals surface area contributed by atoms with Gasteiger partial charge in [0, 0.05) is 0 Å². The number of carbonyl (C=O) groups excluding carboxylic acids is 3. The lowest BCUT2D eigenvalue weighted by molar-refractivity contribution is -0.274. The second kappa shape index (κ2) is 4.98. The standard InChI is InChI=1S/C8H8O10/c9-3-1-4(10)17-18-5(11)2-8(15,7(13)14)16-6(3)12/h3,9,15H,1-2H2,(H,13,14). The minimum atomic E-state index is -3.21. The molecule has 2 atom stereocenters. The number of hydrogen-bond donors (Lipinski definition) is 3. The Morgan fingerprint density at radius 2 is 1.78 bits per heavy atom. The summed E-state index contributed by atoms with van der Waals surface area (Å²) in [6, 6.07) is 0. The van der Waals surface area contributed by atoms with Gasteiger partial charge in [-0.3, -0.25) is 0 Å². The first-order valence-electron chi connectivity index (χ1n) is 4.51. The van der Waals surface area contributed by atoms with Crippen LogP contribution in [0.25, 0.3) is 0 Å². The van der Waals surface area contributed by atoms with Gasteiger partial charge < -0.3 is 20.1 Å². The van der Waals surface area contributed by atoms with Crippen LogP contribution in [0.15, 0.2) is 0 Å². The van der Waals surface area contributed by atoms with E-state index in [9.17, 15) is 24.3 Å². The quantitative estimate of drug-likeness (QED) is 0.340. The van der Waals surface area contributed by atoms with E-state index in [0.29, 0.717) is 0 Å². The number of aliphatic hydroxyl groups is 2. The van der Waals surface area contributed by atoms with Gasteiger partial charge in [0.2, 0.25) is 0 Å². The van der Waals surface area contributed by atoms with Gasteiger partial charge in [0.05, 0.1) is 6.42 Å². The lowest BCUT2D eigenvalue weighted by atomic mass is 10.2. The number of hydrogen-bond acceptors (Lipinski definition) is 9. The minimum Gasteiger partial charge on any atom is -0.476 e. The first-order chi connectivity index (χ1) is 8.24. The van der Waals surface area contributed by atoms with Crippen molar-refractivity contribution < 1.29 is 49.0 Å². The number of aliphatic hydroxyl groups excluding tert-OH is 1. The van der Waals surface area contributed by atoms with E-state index in [-0.39, 0.29) is 0 Å². The highest BCUT2D eigenvalue weighted by molar-refractivity contribution is 5.88. The van der Waals surface area contributed by atoms with Crippen molar-refractivity contribution >= 4 is 23.9 Å². The van der Waals surface area contributed by atoms with Crippen LogP contribution in [-0.2, 0) is 33.7 Å². The highest BCUT2D eigenvalue weighted by Gasteiger charge is 2.46. The number of carboxylic acids is 1. The lowest BCUT2D eigenvalue weighted by Gasteiger charge is -2.24. The fourth-order valence-electron chi connectivity index (χ4n) is 0.983. The molecule has 0 aromatic heterocycles. The number of carbonyl (C=O) groups is 4. The number of cyclic esters (lactones) is 1. The third kappa shape index (κ3) is 3.15. The lowest BCUT2D eigenvalue weighted by Crippen LogP contribution is -2.48. The van der Waals surface area contributed by atoms with Gasteiger partial charge in [0.25, 0.3) is 0 Å². The van der Waals surface area contributed by atoms with E-state index in [0.717, 1.165) is 0 Å². The van der Waals surface area contributed by atoms with E-state index >= 15 is 0 Å². The summed E-state index contributed by atoms with van der Waals surface area (Å²) >= 11 is 0. The fourth-order valence-corrected chi connectivity index (χ4v) is 0.983. The van der Waals surface area contributed by atoms with E-state index in [1.165, 1.54) is 0 Å². The van der Waals surface area contributed by atoms with Crippen LogP contribution in [0.5, 0.6) is 0 Å². The molecule has 10 heteroatoms. The van der Waals surface area contributed by atoms with Crippen molar-refractivity contribution in [1.82, 2.24) is 0 Å². The maximum atomic E-state index is 11.1. The van der Waals surface area contributed by atoms with Gasteiger partial charge in [-0.25, -0.2) is 29.0 Å². The van der Waals surface area contributed by atoms with Crippen molar-refractivity contribution in [3.63, 3.8) is 0 Å². The van der Waals surface area contributed by atoms with Gasteiger partial charge >= 0.3 is 29.7 Å². The van der Waals surface area contributed by atoms with Crippen LogP contribution in [0.3, 0.4) is 0 Å². The topological polar surface area (TPSA) is 157 Å². The van der Waals surface area contributed by atoms with Crippen molar-refractivity contribution in [2.75, 3.05) is 0 Å². The van der Waals surface area contributed by atoms with Crippen molar-refractivity contribution in [2.45, 2.75) is 24.7 Å². The van der Waals surface area contributed by atoms with Crippen molar-refractivity contribution in [3.8, 4) is 0 Å². The van der Waals surface area contributed by atoms with E-state index in [4.69, 9.17) is 10.2 Å². The van der Waals surface area contributed by atoms with E-state index < -0.39 is 48.6 Å². The predicted octanol–water partition coefficient (Wildman–Crippen LogP) is -2.54. The zero-order valence-electron chi connectivity index (χ0n) is 8.69. The molecule has 0 bridgehead atoms. The second-order valence-corrected chi connectivity index (χ2v) is 3.32. The molecule has 0 aliphatic carbocycles. The summed E-state index contributed by atoms with van der Waals surface area (Å²) in [6.07, 6.45) is -4.30. The fraction of sp³-hybridized carbons (Fsp3) is 0.500. The van der Waals surface area contributed by atoms with Gasteiger partial charge in [0.15, 0.2) is 6.10 Å². The SMILES string of the molecule is O=C1CC(O)C(=O)OC(O)(C(=O)O)CC(=O)OO1. The molecule has 0 spiro atoms. The summed E-state index contributed by atoms with van der Waals surface area (Å²) in [7, 11) is 0. The summed E-state index contributed by atoms with van der Waals surface area (Å²) in [5, 5.41) is 27.2. The Labute approximate surface area is 98.6 Å². The van der Waals surface area contributed by atoms with E-state index in [1.54, 1.807) is 0 Å². The Morgan fingerprint density at radius 1 is 1.22 bits per heavy atom. The smallest absolute Gasteiger partial charge is 0.377 e. The molecule has 0 aromatic carbocycles. The first-order valence-corrected chi connectivity index (χ1v) is 4.51. The number of esters is 1. The Kier molecular flexibility index (Phi) is 3.83. The zero-order chi connectivity index (χ0) is 13.9. The Balaban J connectivity index is 2.97. The molecule has 3 N–H and O–H groups in total. The van der Waals surface area contributed by atoms with Crippen molar-refractivity contribution in [3.05, 3.63) is 0 Å². The molecule has 1 aliphatic rings. The predicted molar refractivity (Wildman–Crippen MR) is 46.1 cm³/mol. The van der Waals surface area contributed by atoms with Crippen molar-refractivity contribution in [1.29, 1.82) is 0 Å². The molecule has 0 radical (unpaired) electrons. The number of rotatable bonds is 1.